The van der Waals surface area contributed by atoms with E-state index in [-0.39, 0.29) is 0 Å². The van der Waals surface area contributed by atoms with Crippen molar-refractivity contribution in [2.24, 2.45) is 5.73 Å². The van der Waals surface area contributed by atoms with Gasteiger partial charge in [-0.3, -0.25) is 15.4 Å². The molecule has 2 unspecified atom stereocenters. The summed E-state index contributed by atoms with van der Waals surface area (Å²) in [5.74, 6) is -0.958. The first-order valence-corrected chi connectivity index (χ1v) is 17.7. The molecule has 2 atom stereocenters. The van der Waals surface area contributed by atoms with Crippen LogP contribution in [0.15, 0.2) is 89.4 Å². The Balaban J connectivity index is 1.31. The first-order chi connectivity index (χ1) is 23.1. The van der Waals surface area contributed by atoms with Gasteiger partial charge >= 0.3 is 11.9 Å². The van der Waals surface area contributed by atoms with Crippen LogP contribution in [0.3, 0.4) is 0 Å². The summed E-state index contributed by atoms with van der Waals surface area (Å²) in [6.45, 7) is 5.27. The number of hydrogen-bond donors (Lipinski definition) is 2. The molecule has 5 rings (SSSR count). The number of nitrogens with one attached hydrogen (secondary N) is 1. The van der Waals surface area contributed by atoms with Crippen molar-refractivity contribution in [3.05, 3.63) is 127 Å². The Kier molecular flexibility index (Phi) is 12.6. The van der Waals surface area contributed by atoms with Gasteiger partial charge in [0, 0.05) is 40.8 Å². The molecule has 0 aliphatic heterocycles. The van der Waals surface area contributed by atoms with Crippen molar-refractivity contribution in [1.82, 2.24) is 4.90 Å². The molecular formula is C38H40BrCl2N3O4. The van der Waals surface area contributed by atoms with Crippen LogP contribution in [0.5, 0.6) is 0 Å². The SMILES string of the molecule is CCN(Cc1cc(Br)cc(C(=O)OC(N)c2ccc(C(OC(C)=O)c3ccccc3Nc3c(Cl)cccc3Cl)cc2)c1)C1CCCCC1. The van der Waals surface area contributed by atoms with E-state index in [1.165, 1.54) is 39.0 Å². The smallest absolute Gasteiger partial charge is 0.339 e. The predicted molar refractivity (Wildman–Crippen MR) is 196 cm³/mol. The number of esters is 2. The lowest BCUT2D eigenvalue weighted by atomic mass is 9.94. The Hall–Kier alpha value is -3.40. The highest BCUT2D eigenvalue weighted by molar-refractivity contribution is 9.10. The van der Waals surface area contributed by atoms with E-state index in [0.29, 0.717) is 49.7 Å². The molecule has 1 fully saturated rings. The highest BCUT2D eigenvalue weighted by Gasteiger charge is 2.24. The molecule has 252 valence electrons. The summed E-state index contributed by atoms with van der Waals surface area (Å²) in [5.41, 5.74) is 11.1. The summed E-state index contributed by atoms with van der Waals surface area (Å²) < 4.78 is 12.3. The van der Waals surface area contributed by atoms with Gasteiger partial charge < -0.3 is 14.8 Å². The lowest BCUT2D eigenvalue weighted by Gasteiger charge is -2.33. The number of anilines is 2. The molecule has 7 nitrogen and oxygen atoms in total. The molecule has 0 radical (unpaired) electrons. The molecule has 0 heterocycles. The third kappa shape index (κ3) is 9.18. The summed E-state index contributed by atoms with van der Waals surface area (Å²) in [7, 11) is 0. The van der Waals surface area contributed by atoms with Gasteiger partial charge in [-0.05, 0) is 66.9 Å². The normalized spacial score (nSPS) is 14.7. The standard InChI is InChI=1S/C38H40BrCl2N3O4/c1-3-44(30-10-5-4-6-11-30)23-25-20-28(22-29(39)21-25)38(46)48-37(42)27-18-16-26(17-19-27)36(47-24(2)45)31-12-7-8-15-34(31)43-35-32(40)13-9-14-33(35)41/h7-9,12-22,30,36-37,43H,3-6,10-11,23,42H2,1-2H3. The van der Waals surface area contributed by atoms with Crippen molar-refractivity contribution < 1.29 is 19.1 Å². The third-order valence-electron chi connectivity index (χ3n) is 8.63. The Labute approximate surface area is 300 Å². The highest BCUT2D eigenvalue weighted by atomic mass is 79.9. The fourth-order valence-electron chi connectivity index (χ4n) is 6.22. The van der Waals surface area contributed by atoms with E-state index in [1.54, 1.807) is 48.5 Å². The maximum Gasteiger partial charge on any atom is 0.339 e. The largest absolute Gasteiger partial charge is 0.453 e. The van der Waals surface area contributed by atoms with Gasteiger partial charge in [0.1, 0.15) is 0 Å². The maximum atomic E-state index is 13.3. The molecular weight excluding hydrogens is 713 g/mol. The van der Waals surface area contributed by atoms with Gasteiger partial charge in [-0.15, -0.1) is 0 Å². The molecule has 0 spiro atoms. The summed E-state index contributed by atoms with van der Waals surface area (Å²) in [5, 5.41) is 4.21. The van der Waals surface area contributed by atoms with Crippen molar-refractivity contribution in [3.63, 3.8) is 0 Å². The highest BCUT2D eigenvalue weighted by Crippen LogP contribution is 2.38. The van der Waals surface area contributed by atoms with Crippen LogP contribution < -0.4 is 11.1 Å². The number of benzene rings is 4. The van der Waals surface area contributed by atoms with Crippen LogP contribution in [0.2, 0.25) is 10.0 Å². The van der Waals surface area contributed by atoms with Crippen molar-refractivity contribution in [2.75, 3.05) is 11.9 Å². The minimum absolute atomic E-state index is 0.434. The van der Waals surface area contributed by atoms with Crippen LogP contribution in [-0.2, 0) is 20.8 Å². The summed E-state index contributed by atoms with van der Waals surface area (Å²) in [6, 6.07) is 26.1. The van der Waals surface area contributed by atoms with Gasteiger partial charge in [0.2, 0.25) is 0 Å². The van der Waals surface area contributed by atoms with E-state index in [9.17, 15) is 9.59 Å². The number of carbonyl (C=O) groups excluding carboxylic acids is 2. The van der Waals surface area contributed by atoms with Gasteiger partial charge in [-0.1, -0.05) is 114 Å². The quantitative estimate of drug-likeness (QED) is 0.110. The second kappa shape index (κ2) is 16.8. The first-order valence-electron chi connectivity index (χ1n) is 16.2. The van der Waals surface area contributed by atoms with E-state index in [2.05, 4.69) is 39.1 Å². The van der Waals surface area contributed by atoms with Crippen LogP contribution in [0, 0.1) is 0 Å². The molecule has 1 aliphatic rings. The summed E-state index contributed by atoms with van der Waals surface area (Å²) in [4.78, 5) is 28.0. The van der Waals surface area contributed by atoms with E-state index in [0.717, 1.165) is 23.1 Å². The van der Waals surface area contributed by atoms with Crippen molar-refractivity contribution in [1.29, 1.82) is 0 Å². The average molecular weight is 754 g/mol. The number of rotatable bonds is 12. The van der Waals surface area contributed by atoms with E-state index >= 15 is 0 Å². The number of nitrogens with zero attached hydrogens (tertiary/aromatic N) is 1. The van der Waals surface area contributed by atoms with Gasteiger partial charge in [0.05, 0.1) is 21.3 Å². The molecule has 0 bridgehead atoms. The zero-order chi connectivity index (χ0) is 34.2. The molecule has 1 aliphatic carbocycles. The number of para-hydroxylation sites is 2. The Morgan fingerprint density at radius 2 is 1.58 bits per heavy atom. The number of nitrogens with two attached hydrogens (primary N) is 1. The maximum absolute atomic E-state index is 13.3. The van der Waals surface area contributed by atoms with Gasteiger partial charge in [0.15, 0.2) is 12.3 Å². The monoisotopic (exact) mass is 751 g/mol. The van der Waals surface area contributed by atoms with Crippen LogP contribution in [0.25, 0.3) is 0 Å². The number of ether oxygens (including phenoxy) is 2. The zero-order valence-electron chi connectivity index (χ0n) is 27.1. The molecule has 0 aromatic heterocycles. The average Bonchev–Trinajstić information content (AvgIpc) is 3.08. The van der Waals surface area contributed by atoms with Gasteiger partial charge in [-0.25, -0.2) is 4.79 Å². The number of carbonyl (C=O) groups is 2. The number of hydrogen-bond acceptors (Lipinski definition) is 7. The second-order valence-corrected chi connectivity index (χ2v) is 13.7. The Morgan fingerprint density at radius 1 is 0.917 bits per heavy atom. The van der Waals surface area contributed by atoms with Gasteiger partial charge in [0.25, 0.3) is 0 Å². The van der Waals surface area contributed by atoms with Crippen LogP contribution in [0.1, 0.15) is 90.9 Å². The molecule has 10 heteroatoms. The lowest BCUT2D eigenvalue weighted by molar-refractivity contribution is -0.144. The minimum Gasteiger partial charge on any atom is -0.453 e. The lowest BCUT2D eigenvalue weighted by Crippen LogP contribution is -2.36. The molecule has 48 heavy (non-hydrogen) atoms. The van der Waals surface area contributed by atoms with E-state index in [4.69, 9.17) is 38.4 Å². The summed E-state index contributed by atoms with van der Waals surface area (Å²) in [6.07, 6.45) is 4.51. The number of halogens is 3. The fourth-order valence-corrected chi connectivity index (χ4v) is 7.25. The molecule has 4 aromatic carbocycles. The van der Waals surface area contributed by atoms with Crippen LogP contribution in [-0.4, -0.2) is 29.4 Å². The molecule has 1 saturated carbocycles. The molecule has 0 amide bonds. The van der Waals surface area contributed by atoms with Crippen molar-refractivity contribution in [3.8, 4) is 0 Å². The fraction of sp³-hybridized carbons (Fsp3) is 0.316. The zero-order valence-corrected chi connectivity index (χ0v) is 30.2. The van der Waals surface area contributed by atoms with Gasteiger partial charge in [-0.2, -0.15) is 0 Å². The van der Waals surface area contributed by atoms with Crippen molar-refractivity contribution >= 4 is 62.4 Å². The topological polar surface area (TPSA) is 93.9 Å². The van der Waals surface area contributed by atoms with Crippen LogP contribution in [0.4, 0.5) is 11.4 Å². The Morgan fingerprint density at radius 3 is 2.25 bits per heavy atom. The molecule has 3 N–H and O–H groups in total. The Bertz CT molecular complexity index is 1710. The van der Waals surface area contributed by atoms with Crippen LogP contribution >= 0.6 is 39.1 Å². The van der Waals surface area contributed by atoms with E-state index < -0.39 is 24.3 Å². The summed E-state index contributed by atoms with van der Waals surface area (Å²) >= 11 is 16.4. The third-order valence-corrected chi connectivity index (χ3v) is 9.72. The predicted octanol–water partition coefficient (Wildman–Crippen LogP) is 10.1. The van der Waals surface area contributed by atoms with Crippen molar-refractivity contribution in [2.45, 2.75) is 70.9 Å². The second-order valence-electron chi connectivity index (χ2n) is 12.0. The molecule has 4 aromatic rings. The minimum atomic E-state index is -1.01. The molecule has 0 saturated heterocycles. The van der Waals surface area contributed by atoms with E-state index in [1.807, 2.05) is 30.3 Å². The first kappa shape index (κ1) is 35.9.